The molecule has 0 aliphatic heterocycles. The van der Waals surface area contributed by atoms with Crippen LogP contribution in [-0.4, -0.2) is 0 Å². The van der Waals surface area contributed by atoms with Crippen molar-refractivity contribution >= 4 is 12.2 Å². The van der Waals surface area contributed by atoms with E-state index in [1.807, 2.05) is 26.0 Å². The van der Waals surface area contributed by atoms with Crippen LogP contribution in [0.3, 0.4) is 0 Å². The maximum Gasteiger partial charge on any atom is -0.0260 e. The van der Waals surface area contributed by atoms with Gasteiger partial charge in [-0.25, -0.2) is 0 Å². The van der Waals surface area contributed by atoms with Crippen LogP contribution in [0.15, 0.2) is 36.4 Å². The second kappa shape index (κ2) is 4.55. The molecule has 0 N–H and O–H groups in total. The van der Waals surface area contributed by atoms with Gasteiger partial charge in [0, 0.05) is 0 Å². The third-order valence-electron chi connectivity index (χ3n) is 1.65. The Kier molecular flexibility index (Phi) is 3.34. The zero-order chi connectivity index (χ0) is 8.81. The molecular weight excluding hydrogens is 144 g/mol. The number of hydrogen-bond donors (Lipinski definition) is 0. The van der Waals surface area contributed by atoms with Crippen LogP contribution < -0.4 is 0 Å². The predicted octanol–water partition coefficient (Wildman–Crippen LogP) is 3.75. The van der Waals surface area contributed by atoms with Crippen molar-refractivity contribution in [3.63, 3.8) is 0 Å². The lowest BCUT2D eigenvalue weighted by Crippen LogP contribution is -1.73. The molecule has 0 unspecified atom stereocenters. The van der Waals surface area contributed by atoms with E-state index in [1.54, 1.807) is 0 Å². The van der Waals surface area contributed by atoms with E-state index in [0.29, 0.717) is 0 Å². The summed E-state index contributed by atoms with van der Waals surface area (Å²) in [7, 11) is 0. The molecule has 0 radical (unpaired) electrons. The lowest BCUT2D eigenvalue weighted by molar-refractivity contribution is 1.60. The minimum atomic E-state index is 1.26. The summed E-state index contributed by atoms with van der Waals surface area (Å²) >= 11 is 0. The lowest BCUT2D eigenvalue weighted by atomic mass is 10.1. The first kappa shape index (κ1) is 8.79. The molecule has 0 aromatic heterocycles. The van der Waals surface area contributed by atoms with E-state index >= 15 is 0 Å². The lowest BCUT2D eigenvalue weighted by Gasteiger charge is -1.94. The molecule has 1 aromatic carbocycles. The monoisotopic (exact) mass is 158 g/mol. The fourth-order valence-electron chi connectivity index (χ4n) is 1.10. The standard InChI is InChI=1S/C12H14/c1-3-5-11-7-9-12(6-4-2)10-8-11/h3-10H,1-2H3/b5-3+,6-4+. The van der Waals surface area contributed by atoms with Gasteiger partial charge in [-0.15, -0.1) is 0 Å². The maximum atomic E-state index is 2.12. The summed E-state index contributed by atoms with van der Waals surface area (Å²) in [6.07, 6.45) is 8.29. The van der Waals surface area contributed by atoms with Gasteiger partial charge >= 0.3 is 0 Å². The quantitative estimate of drug-likeness (QED) is 0.615. The van der Waals surface area contributed by atoms with Gasteiger partial charge in [-0.1, -0.05) is 48.6 Å². The Morgan fingerprint density at radius 2 is 1.08 bits per heavy atom. The molecule has 0 fully saturated rings. The first-order valence-electron chi connectivity index (χ1n) is 4.22. The fourth-order valence-corrected chi connectivity index (χ4v) is 1.10. The van der Waals surface area contributed by atoms with E-state index in [1.165, 1.54) is 11.1 Å². The normalized spacial score (nSPS) is 11.5. The molecule has 0 saturated heterocycles. The van der Waals surface area contributed by atoms with Crippen LogP contribution in [0.5, 0.6) is 0 Å². The predicted molar refractivity (Wildman–Crippen MR) is 55.9 cm³/mol. The molecule has 0 bridgehead atoms. The van der Waals surface area contributed by atoms with Crippen molar-refractivity contribution < 1.29 is 0 Å². The molecule has 0 nitrogen and oxygen atoms in total. The zero-order valence-electron chi connectivity index (χ0n) is 7.62. The average molecular weight is 158 g/mol. The minimum absolute atomic E-state index is 1.26. The first-order valence-corrected chi connectivity index (χ1v) is 4.22. The van der Waals surface area contributed by atoms with Crippen molar-refractivity contribution in [1.82, 2.24) is 0 Å². The van der Waals surface area contributed by atoms with Gasteiger partial charge in [-0.05, 0) is 25.0 Å². The average Bonchev–Trinajstić information content (AvgIpc) is 2.09. The van der Waals surface area contributed by atoms with Crippen LogP contribution in [0.1, 0.15) is 25.0 Å². The summed E-state index contributed by atoms with van der Waals surface area (Å²) in [5.41, 5.74) is 2.51. The molecule has 0 heteroatoms. The third kappa shape index (κ3) is 2.39. The summed E-state index contributed by atoms with van der Waals surface area (Å²) < 4.78 is 0. The van der Waals surface area contributed by atoms with E-state index in [2.05, 4.69) is 36.4 Å². The third-order valence-corrected chi connectivity index (χ3v) is 1.65. The van der Waals surface area contributed by atoms with Crippen molar-refractivity contribution in [3.8, 4) is 0 Å². The molecule has 0 spiro atoms. The molecule has 0 amide bonds. The van der Waals surface area contributed by atoms with Gasteiger partial charge in [0.25, 0.3) is 0 Å². The molecule has 0 heterocycles. The van der Waals surface area contributed by atoms with Crippen LogP contribution in [-0.2, 0) is 0 Å². The Morgan fingerprint density at radius 3 is 1.33 bits per heavy atom. The Balaban J connectivity index is 2.85. The minimum Gasteiger partial charge on any atom is -0.0871 e. The van der Waals surface area contributed by atoms with Crippen LogP contribution in [0, 0.1) is 0 Å². The van der Waals surface area contributed by atoms with E-state index in [9.17, 15) is 0 Å². The highest BCUT2D eigenvalue weighted by molar-refractivity contribution is 5.55. The second-order valence-electron chi connectivity index (χ2n) is 2.67. The highest BCUT2D eigenvalue weighted by atomic mass is 13.9. The second-order valence-corrected chi connectivity index (χ2v) is 2.67. The maximum absolute atomic E-state index is 2.12. The summed E-state index contributed by atoms with van der Waals surface area (Å²) in [5, 5.41) is 0. The van der Waals surface area contributed by atoms with Gasteiger partial charge in [0.05, 0.1) is 0 Å². The molecule has 0 aliphatic carbocycles. The van der Waals surface area contributed by atoms with E-state index in [-0.39, 0.29) is 0 Å². The van der Waals surface area contributed by atoms with Crippen LogP contribution >= 0.6 is 0 Å². The van der Waals surface area contributed by atoms with Gasteiger partial charge < -0.3 is 0 Å². The Hall–Kier alpha value is -1.30. The molecule has 0 aliphatic rings. The van der Waals surface area contributed by atoms with Crippen LogP contribution in [0.25, 0.3) is 12.2 Å². The summed E-state index contributed by atoms with van der Waals surface area (Å²) in [6, 6.07) is 8.48. The summed E-state index contributed by atoms with van der Waals surface area (Å²) in [4.78, 5) is 0. The largest absolute Gasteiger partial charge is 0.0871 e. The molecule has 1 aromatic rings. The van der Waals surface area contributed by atoms with E-state index in [4.69, 9.17) is 0 Å². The first-order chi connectivity index (χ1) is 5.86. The van der Waals surface area contributed by atoms with Gasteiger partial charge in [0.2, 0.25) is 0 Å². The fraction of sp³-hybridized carbons (Fsp3) is 0.167. The number of hydrogen-bond acceptors (Lipinski definition) is 0. The van der Waals surface area contributed by atoms with E-state index in [0.717, 1.165) is 0 Å². The highest BCUT2D eigenvalue weighted by Gasteiger charge is 1.85. The van der Waals surface area contributed by atoms with Gasteiger partial charge in [-0.2, -0.15) is 0 Å². The van der Waals surface area contributed by atoms with Crippen molar-refractivity contribution in [3.05, 3.63) is 47.5 Å². The van der Waals surface area contributed by atoms with Gasteiger partial charge in [0.15, 0.2) is 0 Å². The highest BCUT2D eigenvalue weighted by Crippen LogP contribution is 2.07. The zero-order valence-corrected chi connectivity index (χ0v) is 7.62. The van der Waals surface area contributed by atoms with Crippen molar-refractivity contribution in [2.75, 3.05) is 0 Å². The smallest absolute Gasteiger partial charge is 0.0260 e. The molecule has 12 heavy (non-hydrogen) atoms. The number of benzene rings is 1. The van der Waals surface area contributed by atoms with Crippen molar-refractivity contribution in [2.45, 2.75) is 13.8 Å². The van der Waals surface area contributed by atoms with Crippen LogP contribution in [0.2, 0.25) is 0 Å². The Bertz CT molecular complexity index is 244. The molecular formula is C12H14. The van der Waals surface area contributed by atoms with E-state index < -0.39 is 0 Å². The summed E-state index contributed by atoms with van der Waals surface area (Å²) in [5.74, 6) is 0. The van der Waals surface area contributed by atoms with Crippen molar-refractivity contribution in [2.24, 2.45) is 0 Å². The molecule has 1 rings (SSSR count). The number of allylic oxidation sites excluding steroid dienone is 2. The summed E-state index contributed by atoms with van der Waals surface area (Å²) in [6.45, 7) is 4.06. The van der Waals surface area contributed by atoms with Crippen molar-refractivity contribution in [1.29, 1.82) is 0 Å². The topological polar surface area (TPSA) is 0 Å². The molecule has 62 valence electrons. The Labute approximate surface area is 74.2 Å². The van der Waals surface area contributed by atoms with Crippen LogP contribution in [0.4, 0.5) is 0 Å². The molecule has 0 atom stereocenters. The Morgan fingerprint density at radius 1 is 0.750 bits per heavy atom. The van der Waals surface area contributed by atoms with Gasteiger partial charge in [-0.3, -0.25) is 0 Å². The van der Waals surface area contributed by atoms with Gasteiger partial charge in [0.1, 0.15) is 0 Å². The number of rotatable bonds is 2. The SMILES string of the molecule is C/C=C/c1ccc(/C=C/C)cc1. The molecule has 0 saturated carbocycles.